The second-order valence-electron chi connectivity index (χ2n) is 4.37. The van der Waals surface area contributed by atoms with E-state index in [4.69, 9.17) is 0 Å². The van der Waals surface area contributed by atoms with Crippen LogP contribution in [0.4, 0.5) is 0 Å². The highest BCUT2D eigenvalue weighted by molar-refractivity contribution is 7.98. The maximum atomic E-state index is 11.8. The SMILES string of the molecule is CSc1ccccc1C=[N+]([O-])C(C)(C)C. The van der Waals surface area contributed by atoms with Crippen LogP contribution < -0.4 is 0 Å². The van der Waals surface area contributed by atoms with E-state index in [1.54, 1.807) is 18.0 Å². The summed E-state index contributed by atoms with van der Waals surface area (Å²) in [5, 5.41) is 11.8. The Morgan fingerprint density at radius 2 is 1.87 bits per heavy atom. The van der Waals surface area contributed by atoms with Crippen LogP contribution in [0.2, 0.25) is 0 Å². The van der Waals surface area contributed by atoms with Crippen LogP contribution in [0.3, 0.4) is 0 Å². The molecule has 0 heterocycles. The second-order valence-corrected chi connectivity index (χ2v) is 5.22. The molecule has 2 nitrogen and oxygen atoms in total. The lowest BCUT2D eigenvalue weighted by molar-refractivity contribution is -0.530. The Morgan fingerprint density at radius 3 is 2.40 bits per heavy atom. The lowest BCUT2D eigenvalue weighted by Gasteiger charge is -2.18. The molecule has 0 spiro atoms. The van der Waals surface area contributed by atoms with E-state index in [1.807, 2.05) is 51.3 Å². The van der Waals surface area contributed by atoms with Gasteiger partial charge in [0.05, 0.1) is 5.56 Å². The molecule has 0 aliphatic carbocycles. The van der Waals surface area contributed by atoms with Crippen molar-refractivity contribution in [3.8, 4) is 0 Å². The number of hydroxylamine groups is 1. The first-order valence-corrected chi connectivity index (χ1v) is 6.12. The zero-order valence-electron chi connectivity index (χ0n) is 9.65. The maximum Gasteiger partial charge on any atom is 0.183 e. The van der Waals surface area contributed by atoms with E-state index in [-0.39, 0.29) is 5.54 Å². The average Bonchev–Trinajstić information content (AvgIpc) is 2.17. The summed E-state index contributed by atoms with van der Waals surface area (Å²) in [6.07, 6.45) is 3.67. The van der Waals surface area contributed by atoms with Gasteiger partial charge < -0.3 is 5.21 Å². The van der Waals surface area contributed by atoms with E-state index in [1.165, 1.54) is 0 Å². The third-order valence-corrected chi connectivity index (χ3v) is 2.87. The molecule has 15 heavy (non-hydrogen) atoms. The predicted octanol–water partition coefficient (Wildman–Crippen LogP) is 3.14. The second kappa shape index (κ2) is 4.71. The van der Waals surface area contributed by atoms with E-state index in [0.29, 0.717) is 0 Å². The number of rotatable bonds is 2. The van der Waals surface area contributed by atoms with Crippen molar-refractivity contribution < 1.29 is 4.74 Å². The number of benzene rings is 1. The van der Waals surface area contributed by atoms with E-state index in [0.717, 1.165) is 15.2 Å². The molecule has 0 aliphatic rings. The third kappa shape index (κ3) is 3.27. The first kappa shape index (κ1) is 12.1. The highest BCUT2D eigenvalue weighted by Crippen LogP contribution is 2.18. The average molecular weight is 223 g/mol. The van der Waals surface area contributed by atoms with Gasteiger partial charge in [0.2, 0.25) is 0 Å². The number of hydrogen-bond acceptors (Lipinski definition) is 2. The summed E-state index contributed by atoms with van der Waals surface area (Å²) < 4.78 is 1.00. The molecule has 1 aromatic carbocycles. The molecule has 0 unspecified atom stereocenters. The van der Waals surface area contributed by atoms with Crippen LogP contribution in [0.25, 0.3) is 0 Å². The minimum Gasteiger partial charge on any atom is -0.623 e. The van der Waals surface area contributed by atoms with Crippen LogP contribution in [-0.2, 0) is 0 Å². The molecule has 0 N–H and O–H groups in total. The summed E-state index contributed by atoms with van der Waals surface area (Å²) in [4.78, 5) is 1.13. The molecule has 0 saturated carbocycles. The van der Waals surface area contributed by atoms with Crippen molar-refractivity contribution in [3.63, 3.8) is 0 Å². The fourth-order valence-electron chi connectivity index (χ4n) is 1.09. The van der Waals surface area contributed by atoms with Gasteiger partial charge in [0.25, 0.3) is 0 Å². The van der Waals surface area contributed by atoms with Crippen LogP contribution in [0.15, 0.2) is 29.2 Å². The van der Waals surface area contributed by atoms with Crippen molar-refractivity contribution in [2.24, 2.45) is 0 Å². The van der Waals surface area contributed by atoms with Crippen molar-refractivity contribution in [2.45, 2.75) is 31.2 Å². The van der Waals surface area contributed by atoms with Crippen molar-refractivity contribution in [3.05, 3.63) is 35.0 Å². The first-order valence-electron chi connectivity index (χ1n) is 4.89. The van der Waals surface area contributed by atoms with Gasteiger partial charge in [-0.1, -0.05) is 12.1 Å². The van der Waals surface area contributed by atoms with Crippen LogP contribution in [0.1, 0.15) is 26.3 Å². The fraction of sp³-hybridized carbons (Fsp3) is 0.417. The summed E-state index contributed by atoms with van der Waals surface area (Å²) in [6.45, 7) is 5.70. The molecule has 0 atom stereocenters. The molecule has 1 rings (SSSR count). The van der Waals surface area contributed by atoms with Crippen LogP contribution >= 0.6 is 11.8 Å². The molecule has 1 aromatic rings. The van der Waals surface area contributed by atoms with Gasteiger partial charge in [-0.05, 0) is 18.4 Å². The Morgan fingerprint density at radius 1 is 1.27 bits per heavy atom. The Kier molecular flexibility index (Phi) is 3.80. The monoisotopic (exact) mass is 223 g/mol. The molecule has 0 aromatic heterocycles. The number of thioether (sulfide) groups is 1. The maximum absolute atomic E-state index is 11.8. The largest absolute Gasteiger partial charge is 0.623 e. The van der Waals surface area contributed by atoms with Gasteiger partial charge in [0.1, 0.15) is 0 Å². The highest BCUT2D eigenvalue weighted by Gasteiger charge is 2.18. The number of hydrogen-bond donors (Lipinski definition) is 0. The van der Waals surface area contributed by atoms with Crippen molar-refractivity contribution >= 4 is 18.0 Å². The Labute approximate surface area is 95.6 Å². The highest BCUT2D eigenvalue weighted by atomic mass is 32.2. The summed E-state index contributed by atoms with van der Waals surface area (Å²) in [5.41, 5.74) is 0.598. The van der Waals surface area contributed by atoms with E-state index < -0.39 is 0 Å². The van der Waals surface area contributed by atoms with Crippen molar-refractivity contribution in [1.29, 1.82) is 0 Å². The van der Waals surface area contributed by atoms with Crippen LogP contribution in [-0.4, -0.2) is 22.7 Å². The van der Waals surface area contributed by atoms with Gasteiger partial charge in [0, 0.05) is 25.7 Å². The van der Waals surface area contributed by atoms with Gasteiger partial charge in [-0.15, -0.1) is 11.8 Å². The molecule has 0 amide bonds. The molecule has 0 radical (unpaired) electrons. The molecule has 0 aliphatic heterocycles. The Bertz CT molecular complexity index is 366. The smallest absolute Gasteiger partial charge is 0.183 e. The molecule has 0 saturated heterocycles. The molecular weight excluding hydrogens is 206 g/mol. The van der Waals surface area contributed by atoms with Gasteiger partial charge in [0.15, 0.2) is 11.8 Å². The summed E-state index contributed by atoms with van der Waals surface area (Å²) in [7, 11) is 0. The standard InChI is InChI=1S/C12H17NOS/c1-12(2,3)13(14)9-10-7-5-6-8-11(10)15-4/h5-9H,1-4H3. The van der Waals surface area contributed by atoms with Crippen LogP contribution in [0, 0.1) is 5.21 Å². The van der Waals surface area contributed by atoms with Crippen LogP contribution in [0.5, 0.6) is 0 Å². The van der Waals surface area contributed by atoms with Gasteiger partial charge in [-0.3, -0.25) is 0 Å². The minimum atomic E-state index is -0.383. The third-order valence-electron chi connectivity index (χ3n) is 2.06. The van der Waals surface area contributed by atoms with E-state index in [2.05, 4.69) is 0 Å². The molecular formula is C12H17NOS. The fourth-order valence-corrected chi connectivity index (χ4v) is 1.66. The lowest BCUT2D eigenvalue weighted by atomic mass is 10.1. The van der Waals surface area contributed by atoms with Gasteiger partial charge in [-0.25, -0.2) is 4.74 Å². The summed E-state index contributed by atoms with van der Waals surface area (Å²) in [6, 6.07) is 7.91. The summed E-state index contributed by atoms with van der Waals surface area (Å²) >= 11 is 1.65. The van der Waals surface area contributed by atoms with Crippen molar-refractivity contribution in [1.82, 2.24) is 0 Å². The van der Waals surface area contributed by atoms with Gasteiger partial charge in [-0.2, -0.15) is 0 Å². The van der Waals surface area contributed by atoms with Gasteiger partial charge >= 0.3 is 0 Å². The Hall–Kier alpha value is -0.960. The quantitative estimate of drug-likeness (QED) is 0.253. The molecule has 0 bridgehead atoms. The lowest BCUT2D eigenvalue weighted by Crippen LogP contribution is -2.29. The molecule has 82 valence electrons. The molecule has 3 heteroatoms. The number of nitrogens with zero attached hydrogens (tertiary/aromatic N) is 1. The van der Waals surface area contributed by atoms with E-state index in [9.17, 15) is 5.21 Å². The topological polar surface area (TPSA) is 26.1 Å². The zero-order valence-corrected chi connectivity index (χ0v) is 10.5. The first-order chi connectivity index (χ1) is 6.95. The predicted molar refractivity (Wildman–Crippen MR) is 66.8 cm³/mol. The van der Waals surface area contributed by atoms with E-state index >= 15 is 0 Å². The minimum absolute atomic E-state index is 0.383. The zero-order chi connectivity index (χ0) is 11.5. The normalized spacial score (nSPS) is 12.9. The summed E-state index contributed by atoms with van der Waals surface area (Å²) in [5.74, 6) is 0. The van der Waals surface area contributed by atoms with Crippen molar-refractivity contribution in [2.75, 3.05) is 6.26 Å². The molecule has 0 fully saturated rings. The Balaban J connectivity index is 3.08.